The SMILES string of the molecule is C=CCSC(=C)n1c(=O)[nH]c2csc(C(=O)OC)c2c1=O. The quantitative estimate of drug-likeness (QED) is 0.671. The highest BCUT2D eigenvalue weighted by atomic mass is 32.2. The van der Waals surface area contributed by atoms with Gasteiger partial charge >= 0.3 is 11.7 Å². The minimum atomic E-state index is -0.616. The number of nitrogens with one attached hydrogen (secondary N) is 1. The summed E-state index contributed by atoms with van der Waals surface area (Å²) in [6.07, 6.45) is 1.64. The van der Waals surface area contributed by atoms with Crippen LogP contribution < -0.4 is 11.2 Å². The number of hydrogen-bond acceptors (Lipinski definition) is 6. The number of aromatic nitrogens is 2. The van der Waals surface area contributed by atoms with Crippen LogP contribution in [0, 0.1) is 0 Å². The van der Waals surface area contributed by atoms with Crippen molar-refractivity contribution >= 4 is 45.0 Å². The number of thiophene rings is 1. The lowest BCUT2D eigenvalue weighted by molar-refractivity contribution is 0.0608. The van der Waals surface area contributed by atoms with E-state index in [0.29, 0.717) is 11.3 Å². The molecule has 0 saturated heterocycles. The monoisotopic (exact) mass is 324 g/mol. The predicted octanol–water partition coefficient (Wildman–Crippen LogP) is 1.89. The van der Waals surface area contributed by atoms with Crippen LogP contribution in [0.15, 0.2) is 34.2 Å². The molecule has 0 aliphatic rings. The number of hydrogen-bond donors (Lipinski definition) is 1. The largest absolute Gasteiger partial charge is 0.465 e. The first-order valence-corrected chi connectivity index (χ1v) is 7.65. The van der Waals surface area contributed by atoms with E-state index in [9.17, 15) is 14.4 Å². The molecule has 0 radical (unpaired) electrons. The van der Waals surface area contributed by atoms with Crippen LogP contribution in [-0.2, 0) is 4.74 Å². The highest BCUT2D eigenvalue weighted by Gasteiger charge is 2.20. The molecule has 0 aliphatic heterocycles. The average molecular weight is 324 g/mol. The minimum absolute atomic E-state index is 0.131. The summed E-state index contributed by atoms with van der Waals surface area (Å²) in [5.41, 5.74) is -0.867. The van der Waals surface area contributed by atoms with Gasteiger partial charge in [0.25, 0.3) is 5.56 Å². The Hall–Kier alpha value is -2.06. The normalized spacial score (nSPS) is 10.5. The van der Waals surface area contributed by atoms with Gasteiger partial charge in [-0.1, -0.05) is 12.7 Å². The third-order valence-corrected chi connectivity index (χ3v) is 4.52. The molecule has 1 N–H and O–H groups in total. The molecule has 8 heteroatoms. The van der Waals surface area contributed by atoms with Crippen molar-refractivity contribution in [2.24, 2.45) is 0 Å². The Kier molecular flexibility index (Phi) is 4.49. The summed E-state index contributed by atoms with van der Waals surface area (Å²) < 4.78 is 5.56. The summed E-state index contributed by atoms with van der Waals surface area (Å²) in [6.45, 7) is 7.28. The van der Waals surface area contributed by atoms with Crippen LogP contribution in [0.4, 0.5) is 0 Å². The fraction of sp³-hybridized carbons (Fsp3) is 0.154. The molecule has 2 aromatic heterocycles. The second-order valence-electron chi connectivity index (χ2n) is 3.91. The molecule has 0 bridgehead atoms. The number of carbonyl (C=O) groups is 1. The van der Waals surface area contributed by atoms with Crippen LogP contribution in [0.1, 0.15) is 9.67 Å². The second-order valence-corrected chi connectivity index (χ2v) is 5.88. The molecule has 0 atom stereocenters. The molecule has 0 saturated carbocycles. The maximum absolute atomic E-state index is 12.5. The van der Waals surface area contributed by atoms with Crippen LogP contribution >= 0.6 is 23.1 Å². The van der Waals surface area contributed by atoms with E-state index in [2.05, 4.69) is 22.9 Å². The van der Waals surface area contributed by atoms with Gasteiger partial charge in [0.2, 0.25) is 0 Å². The van der Waals surface area contributed by atoms with E-state index in [1.165, 1.54) is 24.3 Å². The maximum atomic E-state index is 12.5. The molecule has 2 heterocycles. The van der Waals surface area contributed by atoms with Gasteiger partial charge in [-0.15, -0.1) is 29.7 Å². The number of rotatable bonds is 5. The lowest BCUT2D eigenvalue weighted by Gasteiger charge is -2.06. The number of nitrogens with zero attached hydrogens (tertiary/aromatic N) is 1. The molecule has 0 spiro atoms. The van der Waals surface area contributed by atoms with Gasteiger partial charge in [-0.3, -0.25) is 4.79 Å². The minimum Gasteiger partial charge on any atom is -0.465 e. The number of esters is 1. The zero-order chi connectivity index (χ0) is 15.6. The van der Waals surface area contributed by atoms with Gasteiger partial charge in [-0.25, -0.2) is 14.2 Å². The van der Waals surface area contributed by atoms with Crippen LogP contribution in [0.25, 0.3) is 15.9 Å². The number of carbonyl (C=O) groups excluding carboxylic acids is 1. The highest BCUT2D eigenvalue weighted by Crippen LogP contribution is 2.22. The zero-order valence-electron chi connectivity index (χ0n) is 11.2. The number of fused-ring (bicyclic) bond motifs is 1. The van der Waals surface area contributed by atoms with Gasteiger partial charge in [0, 0.05) is 11.1 Å². The molecule has 0 unspecified atom stereocenters. The van der Waals surface area contributed by atoms with E-state index in [4.69, 9.17) is 0 Å². The third-order valence-electron chi connectivity index (χ3n) is 2.64. The van der Waals surface area contributed by atoms with Crippen molar-refractivity contribution in [2.75, 3.05) is 12.9 Å². The zero-order valence-corrected chi connectivity index (χ0v) is 12.8. The first-order valence-electron chi connectivity index (χ1n) is 5.79. The topological polar surface area (TPSA) is 81.2 Å². The summed E-state index contributed by atoms with van der Waals surface area (Å²) >= 11 is 2.25. The Labute approximate surface area is 127 Å². The number of ether oxygens (including phenoxy) is 1. The molecular formula is C13H12N2O4S2. The van der Waals surface area contributed by atoms with Crippen LogP contribution in [-0.4, -0.2) is 28.4 Å². The number of aromatic amines is 1. The molecule has 0 fully saturated rings. The van der Waals surface area contributed by atoms with Crippen molar-refractivity contribution < 1.29 is 9.53 Å². The number of methoxy groups -OCH3 is 1. The molecule has 6 nitrogen and oxygen atoms in total. The summed E-state index contributed by atoms with van der Waals surface area (Å²) in [4.78, 5) is 38.9. The summed E-state index contributed by atoms with van der Waals surface area (Å²) in [6, 6.07) is 0. The van der Waals surface area contributed by atoms with E-state index >= 15 is 0 Å². The first-order chi connectivity index (χ1) is 10.0. The first kappa shape index (κ1) is 15.3. The molecule has 0 aliphatic carbocycles. The fourth-order valence-corrected chi connectivity index (χ4v) is 3.24. The Morgan fingerprint density at radius 1 is 1.57 bits per heavy atom. The van der Waals surface area contributed by atoms with Crippen molar-refractivity contribution in [3.63, 3.8) is 0 Å². The van der Waals surface area contributed by atoms with Crippen LogP contribution in [0.3, 0.4) is 0 Å². The van der Waals surface area contributed by atoms with Crippen LogP contribution in [0.2, 0.25) is 0 Å². The second kappa shape index (κ2) is 6.15. The van der Waals surface area contributed by atoms with Gasteiger partial charge in [0.05, 0.1) is 23.0 Å². The van der Waals surface area contributed by atoms with E-state index in [-0.39, 0.29) is 15.3 Å². The molecule has 2 aromatic rings. The van der Waals surface area contributed by atoms with Crippen LogP contribution in [0.5, 0.6) is 0 Å². The lowest BCUT2D eigenvalue weighted by Crippen LogP contribution is -2.33. The molecule has 110 valence electrons. The maximum Gasteiger partial charge on any atom is 0.348 e. The van der Waals surface area contributed by atoms with E-state index < -0.39 is 17.2 Å². The molecular weight excluding hydrogens is 312 g/mol. The Morgan fingerprint density at radius 3 is 2.90 bits per heavy atom. The van der Waals surface area contributed by atoms with Gasteiger partial charge in [-0.05, 0) is 0 Å². The summed E-state index contributed by atoms with van der Waals surface area (Å²) in [7, 11) is 1.23. The Morgan fingerprint density at radius 2 is 2.29 bits per heavy atom. The average Bonchev–Trinajstić information content (AvgIpc) is 2.88. The van der Waals surface area contributed by atoms with Gasteiger partial charge in [-0.2, -0.15) is 0 Å². The standard InChI is InChI=1S/C13H12N2O4S2/c1-4-5-20-7(2)15-11(16)9-8(14-13(15)18)6-21-10(9)12(17)19-3/h4,6H,1-2,5H2,3H3,(H,14,18). The number of H-pyrrole nitrogens is 1. The number of thioether (sulfide) groups is 1. The van der Waals surface area contributed by atoms with Gasteiger partial charge in [0.1, 0.15) is 4.88 Å². The Bertz CT molecular complexity index is 844. The van der Waals surface area contributed by atoms with Crippen molar-refractivity contribution in [3.05, 3.63) is 50.3 Å². The molecule has 0 amide bonds. The van der Waals surface area contributed by atoms with Crippen molar-refractivity contribution in [2.45, 2.75) is 0 Å². The van der Waals surface area contributed by atoms with Crippen molar-refractivity contribution in [3.8, 4) is 0 Å². The molecule has 2 rings (SSSR count). The Balaban J connectivity index is 2.70. The van der Waals surface area contributed by atoms with Gasteiger partial charge < -0.3 is 9.72 Å². The van der Waals surface area contributed by atoms with Crippen molar-refractivity contribution in [1.29, 1.82) is 0 Å². The van der Waals surface area contributed by atoms with E-state index in [0.717, 1.165) is 15.9 Å². The molecule has 0 aromatic carbocycles. The van der Waals surface area contributed by atoms with E-state index in [1.54, 1.807) is 6.08 Å². The summed E-state index contributed by atoms with van der Waals surface area (Å²) in [5.74, 6) is -0.106. The third kappa shape index (κ3) is 2.72. The predicted molar refractivity (Wildman–Crippen MR) is 86.0 cm³/mol. The lowest BCUT2D eigenvalue weighted by atomic mass is 10.3. The van der Waals surface area contributed by atoms with Crippen molar-refractivity contribution in [1.82, 2.24) is 9.55 Å². The van der Waals surface area contributed by atoms with E-state index in [1.807, 2.05) is 0 Å². The molecule has 21 heavy (non-hydrogen) atoms. The summed E-state index contributed by atoms with van der Waals surface area (Å²) in [5, 5.41) is 1.94. The fourth-order valence-electron chi connectivity index (χ4n) is 1.73. The smallest absolute Gasteiger partial charge is 0.348 e. The van der Waals surface area contributed by atoms with Gasteiger partial charge in [0.15, 0.2) is 0 Å². The highest BCUT2D eigenvalue weighted by molar-refractivity contribution is 8.08.